The summed E-state index contributed by atoms with van der Waals surface area (Å²) in [7, 11) is -3.47. The van der Waals surface area contributed by atoms with Crippen molar-refractivity contribution in [3.05, 3.63) is 65.7 Å². The van der Waals surface area contributed by atoms with Gasteiger partial charge in [-0.2, -0.15) is 0 Å². The summed E-state index contributed by atoms with van der Waals surface area (Å²) in [5.41, 5.74) is 1.57. The maximum atomic E-state index is 12.8. The molecule has 0 bridgehead atoms. The molecule has 6 nitrogen and oxygen atoms in total. The van der Waals surface area contributed by atoms with E-state index in [1.165, 1.54) is 5.56 Å². The first kappa shape index (κ1) is 19.4. The second kappa shape index (κ2) is 8.10. The third-order valence-electron chi connectivity index (χ3n) is 4.89. The Kier molecular flexibility index (Phi) is 5.82. The van der Waals surface area contributed by atoms with Gasteiger partial charge in [0.1, 0.15) is 0 Å². The Morgan fingerprint density at radius 1 is 1.04 bits per heavy atom. The molecule has 0 atom stereocenters. The van der Waals surface area contributed by atoms with Crippen LogP contribution in [-0.2, 0) is 20.2 Å². The molecule has 1 heterocycles. The van der Waals surface area contributed by atoms with Crippen LogP contribution in [0.3, 0.4) is 0 Å². The number of rotatable bonds is 6. The first-order chi connectivity index (χ1) is 12.9. The van der Waals surface area contributed by atoms with E-state index in [0.717, 1.165) is 19.1 Å². The summed E-state index contributed by atoms with van der Waals surface area (Å²) in [5.74, 6) is -0.302. The zero-order chi connectivity index (χ0) is 19.3. The van der Waals surface area contributed by atoms with Crippen molar-refractivity contribution < 1.29 is 17.9 Å². The number of nitrogens with one attached hydrogen (secondary N) is 2. The van der Waals surface area contributed by atoms with Gasteiger partial charge in [-0.15, -0.1) is 0 Å². The van der Waals surface area contributed by atoms with Gasteiger partial charge in [0.2, 0.25) is 10.0 Å². The van der Waals surface area contributed by atoms with Crippen LogP contribution in [0.25, 0.3) is 0 Å². The Hall–Kier alpha value is -2.38. The van der Waals surface area contributed by atoms with E-state index in [4.69, 9.17) is 4.74 Å². The minimum absolute atomic E-state index is 0.186. The summed E-state index contributed by atoms with van der Waals surface area (Å²) in [4.78, 5) is 12.8. The molecule has 2 aromatic rings. The number of benzene rings is 2. The smallest absolute Gasteiger partial charge is 0.253 e. The largest absolute Gasteiger partial charge is 0.381 e. The first-order valence-corrected chi connectivity index (χ1v) is 10.8. The van der Waals surface area contributed by atoms with Crippen molar-refractivity contribution in [2.45, 2.75) is 18.3 Å². The predicted octanol–water partition coefficient (Wildman–Crippen LogP) is 2.54. The summed E-state index contributed by atoms with van der Waals surface area (Å²) in [5, 5.41) is 3.00. The molecule has 1 fully saturated rings. The number of carbonyl (C=O) groups is 1. The molecular weight excluding hydrogens is 364 g/mol. The second-order valence-corrected chi connectivity index (χ2v) is 8.61. The molecule has 0 radical (unpaired) electrons. The van der Waals surface area contributed by atoms with Gasteiger partial charge in [-0.25, -0.2) is 8.42 Å². The van der Waals surface area contributed by atoms with Crippen LogP contribution in [0, 0.1) is 0 Å². The summed E-state index contributed by atoms with van der Waals surface area (Å²) in [6, 6.07) is 16.7. The van der Waals surface area contributed by atoms with Crippen molar-refractivity contribution in [2.75, 3.05) is 30.7 Å². The van der Waals surface area contributed by atoms with Gasteiger partial charge in [0, 0.05) is 25.2 Å². The van der Waals surface area contributed by atoms with E-state index in [9.17, 15) is 13.2 Å². The number of anilines is 1. The van der Waals surface area contributed by atoms with Gasteiger partial charge in [0.15, 0.2) is 0 Å². The number of hydrogen-bond donors (Lipinski definition) is 2. The summed E-state index contributed by atoms with van der Waals surface area (Å²) in [6.07, 6.45) is 2.70. The van der Waals surface area contributed by atoms with Crippen LogP contribution in [0.2, 0.25) is 0 Å². The Morgan fingerprint density at radius 3 is 2.33 bits per heavy atom. The Balaban J connectivity index is 1.80. The van der Waals surface area contributed by atoms with Crippen LogP contribution in [-0.4, -0.2) is 40.3 Å². The van der Waals surface area contributed by atoms with Crippen LogP contribution in [0.5, 0.6) is 0 Å². The number of hydrogen-bond acceptors (Lipinski definition) is 4. The quantitative estimate of drug-likeness (QED) is 0.796. The third-order valence-corrected chi connectivity index (χ3v) is 5.48. The van der Waals surface area contributed by atoms with E-state index in [2.05, 4.69) is 22.2 Å². The zero-order valence-electron chi connectivity index (χ0n) is 15.3. The van der Waals surface area contributed by atoms with E-state index in [1.54, 1.807) is 24.3 Å². The fourth-order valence-corrected chi connectivity index (χ4v) is 4.01. The highest BCUT2D eigenvalue weighted by molar-refractivity contribution is 7.92. The molecule has 0 aliphatic carbocycles. The molecule has 2 aromatic carbocycles. The van der Waals surface area contributed by atoms with Crippen molar-refractivity contribution >= 4 is 21.6 Å². The van der Waals surface area contributed by atoms with Crippen molar-refractivity contribution in [3.8, 4) is 0 Å². The number of carbonyl (C=O) groups excluding carboxylic acids is 1. The average molecular weight is 388 g/mol. The van der Waals surface area contributed by atoms with E-state index < -0.39 is 10.0 Å². The second-order valence-electron chi connectivity index (χ2n) is 6.86. The topological polar surface area (TPSA) is 84.5 Å². The van der Waals surface area contributed by atoms with E-state index >= 15 is 0 Å². The van der Waals surface area contributed by atoms with E-state index in [-0.39, 0.29) is 17.0 Å². The van der Waals surface area contributed by atoms with Gasteiger partial charge in [0.05, 0.1) is 17.5 Å². The molecule has 27 heavy (non-hydrogen) atoms. The minimum Gasteiger partial charge on any atom is -0.381 e. The molecular formula is C20H24N2O4S. The molecule has 1 aliphatic heterocycles. The maximum Gasteiger partial charge on any atom is 0.253 e. The molecule has 2 N–H and O–H groups in total. The van der Waals surface area contributed by atoms with Crippen molar-refractivity contribution in [1.29, 1.82) is 0 Å². The van der Waals surface area contributed by atoms with Crippen LogP contribution in [0.1, 0.15) is 28.8 Å². The van der Waals surface area contributed by atoms with Crippen LogP contribution < -0.4 is 10.0 Å². The molecule has 0 unspecified atom stereocenters. The van der Waals surface area contributed by atoms with Crippen molar-refractivity contribution in [1.82, 2.24) is 5.32 Å². The Labute approximate surface area is 160 Å². The Bertz CT molecular complexity index is 891. The number of para-hydroxylation sites is 1. The van der Waals surface area contributed by atoms with Gasteiger partial charge >= 0.3 is 0 Å². The first-order valence-electron chi connectivity index (χ1n) is 8.88. The lowest BCUT2D eigenvalue weighted by Crippen LogP contribution is -2.44. The van der Waals surface area contributed by atoms with E-state index in [0.29, 0.717) is 25.3 Å². The fraction of sp³-hybridized carbons (Fsp3) is 0.350. The molecule has 1 saturated heterocycles. The van der Waals surface area contributed by atoms with Gasteiger partial charge in [-0.1, -0.05) is 42.5 Å². The van der Waals surface area contributed by atoms with Crippen LogP contribution >= 0.6 is 0 Å². The highest BCUT2D eigenvalue weighted by Crippen LogP contribution is 2.34. The molecule has 3 rings (SSSR count). The monoisotopic (exact) mass is 388 g/mol. The van der Waals surface area contributed by atoms with Crippen LogP contribution in [0.15, 0.2) is 54.6 Å². The van der Waals surface area contributed by atoms with Gasteiger partial charge in [-0.3, -0.25) is 9.52 Å². The lowest BCUT2D eigenvalue weighted by molar-refractivity contribution is 0.0487. The number of sulfonamides is 1. The lowest BCUT2D eigenvalue weighted by Gasteiger charge is -2.38. The highest BCUT2D eigenvalue weighted by Gasteiger charge is 2.35. The fourth-order valence-electron chi connectivity index (χ4n) is 3.44. The summed E-state index contributed by atoms with van der Waals surface area (Å²) >= 11 is 0. The van der Waals surface area contributed by atoms with Gasteiger partial charge in [0.25, 0.3) is 5.91 Å². The van der Waals surface area contributed by atoms with Crippen molar-refractivity contribution in [2.24, 2.45) is 0 Å². The average Bonchev–Trinajstić information content (AvgIpc) is 2.67. The molecule has 0 saturated carbocycles. The molecule has 0 aromatic heterocycles. The van der Waals surface area contributed by atoms with Crippen LogP contribution in [0.4, 0.5) is 5.69 Å². The SMILES string of the molecule is CS(=O)(=O)Nc1ccccc1C(=O)NCC1(c2ccccc2)CCOCC1. The maximum absolute atomic E-state index is 12.8. The summed E-state index contributed by atoms with van der Waals surface area (Å²) < 4.78 is 31.0. The third kappa shape index (κ3) is 4.87. The van der Waals surface area contributed by atoms with E-state index in [1.807, 2.05) is 18.2 Å². The van der Waals surface area contributed by atoms with Crippen molar-refractivity contribution in [3.63, 3.8) is 0 Å². The normalized spacial score (nSPS) is 16.5. The summed E-state index contributed by atoms with van der Waals surface area (Å²) in [6.45, 7) is 1.76. The predicted molar refractivity (Wildman–Crippen MR) is 105 cm³/mol. The number of ether oxygens (including phenoxy) is 1. The Morgan fingerprint density at radius 2 is 1.67 bits per heavy atom. The number of amides is 1. The standard InChI is InChI=1S/C20H24N2O4S/c1-27(24,25)22-18-10-6-5-9-17(18)19(23)21-15-20(11-13-26-14-12-20)16-7-3-2-4-8-16/h2-10,22H,11-15H2,1H3,(H,21,23). The molecule has 1 amide bonds. The minimum atomic E-state index is -3.47. The molecule has 144 valence electrons. The molecule has 7 heteroatoms. The molecule has 0 spiro atoms. The van der Waals surface area contributed by atoms with Gasteiger partial charge in [-0.05, 0) is 30.5 Å². The lowest BCUT2D eigenvalue weighted by atomic mass is 9.74. The zero-order valence-corrected chi connectivity index (χ0v) is 16.1. The highest BCUT2D eigenvalue weighted by atomic mass is 32.2. The molecule has 1 aliphatic rings. The van der Waals surface area contributed by atoms with Gasteiger partial charge < -0.3 is 10.1 Å².